The highest BCUT2D eigenvalue weighted by Gasteiger charge is 2.07. The summed E-state index contributed by atoms with van der Waals surface area (Å²) in [6.45, 7) is 5.11. The molecule has 0 fully saturated rings. The molecule has 0 bridgehead atoms. The maximum atomic E-state index is 11.8. The number of benzene rings is 1. The number of rotatable bonds is 7. The van der Waals surface area contributed by atoms with Gasteiger partial charge in [-0.3, -0.25) is 10.9 Å². The van der Waals surface area contributed by atoms with E-state index < -0.39 is 0 Å². The molecule has 0 aliphatic heterocycles. The first-order valence-corrected chi connectivity index (χ1v) is 8.96. The Balaban J connectivity index is 1.35. The van der Waals surface area contributed by atoms with Gasteiger partial charge in [0.25, 0.3) is 0 Å². The highest BCUT2D eigenvalue weighted by atomic mass is 32.1. The molecule has 0 saturated heterocycles. The van der Waals surface area contributed by atoms with Crippen LogP contribution in [0.2, 0.25) is 0 Å². The van der Waals surface area contributed by atoms with Gasteiger partial charge in [0, 0.05) is 12.7 Å². The molecular weight excluding hydrogens is 352 g/mol. The van der Waals surface area contributed by atoms with Crippen molar-refractivity contribution in [1.29, 1.82) is 0 Å². The minimum atomic E-state index is -0.324. The quantitative estimate of drug-likeness (QED) is 0.435. The summed E-state index contributed by atoms with van der Waals surface area (Å²) in [5.74, 6) is 0.876. The Kier molecular flexibility index (Phi) is 5.80. The third-order valence-corrected chi connectivity index (χ3v) is 4.41. The van der Waals surface area contributed by atoms with E-state index >= 15 is 0 Å². The largest absolute Gasteiger partial charge is 0.493 e. The highest BCUT2D eigenvalue weighted by molar-refractivity contribution is 7.11. The first-order valence-electron chi connectivity index (χ1n) is 8.19. The summed E-state index contributed by atoms with van der Waals surface area (Å²) >= 11 is 1.21. The first-order chi connectivity index (χ1) is 12.6. The fraction of sp³-hybridized carbons (Fsp3) is 0.294. The standard InChI is InChI=1S/C17H20N6O2S/c1-11-4-5-14(12(2)8-11)25-7-3-6-19-17(24)22-21-16-13-9-18-10-20-15(13)23-26-16/h4-5,8-10,21H,3,6-7H2,1-2H3,(H2,19,22,24). The molecule has 3 N–H and O–H groups in total. The molecule has 0 aliphatic carbocycles. The molecule has 136 valence electrons. The minimum Gasteiger partial charge on any atom is -0.493 e. The summed E-state index contributed by atoms with van der Waals surface area (Å²) in [6.07, 6.45) is 3.79. The average molecular weight is 372 g/mol. The number of aryl methyl sites for hydroxylation is 2. The van der Waals surface area contributed by atoms with E-state index in [1.807, 2.05) is 19.1 Å². The van der Waals surface area contributed by atoms with Crippen LogP contribution in [0.5, 0.6) is 5.75 Å². The number of nitrogens with one attached hydrogen (secondary N) is 3. The van der Waals surface area contributed by atoms with Gasteiger partial charge >= 0.3 is 6.03 Å². The maximum Gasteiger partial charge on any atom is 0.333 e. The van der Waals surface area contributed by atoms with Crippen LogP contribution in [-0.2, 0) is 0 Å². The number of nitrogens with zero attached hydrogens (tertiary/aromatic N) is 3. The number of anilines is 1. The van der Waals surface area contributed by atoms with Crippen LogP contribution >= 0.6 is 11.5 Å². The van der Waals surface area contributed by atoms with Gasteiger partial charge in [0.2, 0.25) is 0 Å². The number of hydrogen-bond acceptors (Lipinski definition) is 7. The molecule has 8 nitrogen and oxygen atoms in total. The van der Waals surface area contributed by atoms with Crippen molar-refractivity contribution in [1.82, 2.24) is 25.1 Å². The Bertz CT molecular complexity index is 898. The highest BCUT2D eigenvalue weighted by Crippen LogP contribution is 2.24. The molecule has 3 rings (SSSR count). The zero-order valence-electron chi connectivity index (χ0n) is 14.6. The van der Waals surface area contributed by atoms with Crippen molar-refractivity contribution in [2.24, 2.45) is 0 Å². The van der Waals surface area contributed by atoms with Crippen molar-refractivity contribution < 1.29 is 9.53 Å². The number of ether oxygens (including phenoxy) is 1. The van der Waals surface area contributed by atoms with Crippen LogP contribution in [0.4, 0.5) is 9.80 Å². The lowest BCUT2D eigenvalue weighted by Crippen LogP contribution is -2.39. The molecule has 0 atom stereocenters. The summed E-state index contributed by atoms with van der Waals surface area (Å²) in [7, 11) is 0. The molecule has 0 spiro atoms. The van der Waals surface area contributed by atoms with Crippen LogP contribution in [0.1, 0.15) is 17.5 Å². The van der Waals surface area contributed by atoms with Gasteiger partial charge in [-0.15, -0.1) is 0 Å². The van der Waals surface area contributed by atoms with Crippen molar-refractivity contribution in [2.75, 3.05) is 18.6 Å². The third kappa shape index (κ3) is 4.57. The molecule has 2 heterocycles. The van der Waals surface area contributed by atoms with E-state index in [4.69, 9.17) is 4.74 Å². The van der Waals surface area contributed by atoms with Crippen LogP contribution < -0.4 is 20.9 Å². The van der Waals surface area contributed by atoms with Gasteiger partial charge in [0.15, 0.2) is 5.65 Å². The predicted molar refractivity (Wildman–Crippen MR) is 101 cm³/mol. The van der Waals surface area contributed by atoms with Crippen molar-refractivity contribution in [3.63, 3.8) is 0 Å². The van der Waals surface area contributed by atoms with Gasteiger partial charge in [-0.2, -0.15) is 4.37 Å². The number of aromatic nitrogens is 3. The maximum absolute atomic E-state index is 11.8. The molecule has 26 heavy (non-hydrogen) atoms. The molecule has 2 amide bonds. The second-order valence-corrected chi connectivity index (χ2v) is 6.52. The van der Waals surface area contributed by atoms with Gasteiger partial charge < -0.3 is 10.1 Å². The number of urea groups is 1. The molecule has 9 heteroatoms. The zero-order valence-corrected chi connectivity index (χ0v) is 15.4. The second-order valence-electron chi connectivity index (χ2n) is 5.75. The normalized spacial score (nSPS) is 10.5. The lowest BCUT2D eigenvalue weighted by atomic mass is 10.1. The van der Waals surface area contributed by atoms with Crippen molar-refractivity contribution in [2.45, 2.75) is 20.3 Å². The molecule has 3 aromatic rings. The second kappa shape index (κ2) is 8.43. The average Bonchev–Trinajstić information content (AvgIpc) is 3.04. The van der Waals surface area contributed by atoms with Crippen molar-refractivity contribution in [3.05, 3.63) is 41.9 Å². The lowest BCUT2D eigenvalue weighted by molar-refractivity contribution is 0.241. The Morgan fingerprint density at radius 3 is 3.04 bits per heavy atom. The summed E-state index contributed by atoms with van der Waals surface area (Å²) < 4.78 is 9.90. The van der Waals surface area contributed by atoms with E-state index in [1.54, 1.807) is 6.20 Å². The smallest absolute Gasteiger partial charge is 0.333 e. The molecule has 0 saturated carbocycles. The number of amides is 2. The fourth-order valence-corrected chi connectivity index (χ4v) is 3.02. The van der Waals surface area contributed by atoms with Crippen LogP contribution in [-0.4, -0.2) is 33.5 Å². The minimum absolute atomic E-state index is 0.324. The van der Waals surface area contributed by atoms with E-state index in [0.717, 1.165) is 16.7 Å². The number of carbonyl (C=O) groups excluding carboxylic acids is 1. The molecule has 0 unspecified atom stereocenters. The molecule has 2 aromatic heterocycles. The van der Waals surface area contributed by atoms with Crippen molar-refractivity contribution >= 4 is 33.6 Å². The lowest BCUT2D eigenvalue weighted by Gasteiger charge is -2.11. The number of hydrogen-bond donors (Lipinski definition) is 3. The third-order valence-electron chi connectivity index (χ3n) is 3.64. The summed E-state index contributed by atoms with van der Waals surface area (Å²) in [5.41, 5.74) is 8.32. The van der Waals surface area contributed by atoms with Crippen LogP contribution in [0.25, 0.3) is 11.0 Å². The van der Waals surface area contributed by atoms with E-state index in [-0.39, 0.29) is 6.03 Å². The Labute approximate surface area is 155 Å². The van der Waals surface area contributed by atoms with Gasteiger partial charge in [0.1, 0.15) is 17.1 Å². The van der Waals surface area contributed by atoms with Crippen molar-refractivity contribution in [3.8, 4) is 5.75 Å². The Hall–Kier alpha value is -2.94. The zero-order chi connectivity index (χ0) is 18.4. The van der Waals surface area contributed by atoms with E-state index in [2.05, 4.69) is 43.5 Å². The Morgan fingerprint density at radius 1 is 1.31 bits per heavy atom. The van der Waals surface area contributed by atoms with Crippen LogP contribution in [0.3, 0.4) is 0 Å². The SMILES string of the molecule is Cc1ccc(OCCCNC(=O)NNc2snc3ncncc23)c(C)c1. The summed E-state index contributed by atoms with van der Waals surface area (Å²) in [4.78, 5) is 19.8. The molecule has 1 aromatic carbocycles. The monoisotopic (exact) mass is 372 g/mol. The van der Waals surface area contributed by atoms with Gasteiger partial charge in [-0.1, -0.05) is 17.7 Å². The van der Waals surface area contributed by atoms with Gasteiger partial charge in [0.05, 0.1) is 12.0 Å². The number of carbonyl (C=O) groups is 1. The summed E-state index contributed by atoms with van der Waals surface area (Å²) in [6, 6.07) is 5.75. The van der Waals surface area contributed by atoms with Crippen LogP contribution in [0, 0.1) is 13.8 Å². The van der Waals surface area contributed by atoms with Crippen LogP contribution in [0.15, 0.2) is 30.7 Å². The fourth-order valence-electron chi connectivity index (χ4n) is 2.36. The molecule has 0 radical (unpaired) electrons. The molecule has 0 aliphatic rings. The number of fused-ring (bicyclic) bond motifs is 1. The van der Waals surface area contributed by atoms with E-state index in [1.165, 1.54) is 23.4 Å². The van der Waals surface area contributed by atoms with E-state index in [0.29, 0.717) is 30.2 Å². The van der Waals surface area contributed by atoms with Gasteiger partial charge in [-0.05, 0) is 43.4 Å². The summed E-state index contributed by atoms with van der Waals surface area (Å²) in [5, 5.41) is 4.22. The predicted octanol–water partition coefficient (Wildman–Crippen LogP) is 2.80. The number of hydrazine groups is 1. The van der Waals surface area contributed by atoms with E-state index in [9.17, 15) is 4.79 Å². The topological polar surface area (TPSA) is 101 Å². The molecular formula is C17H20N6O2S. The Morgan fingerprint density at radius 2 is 2.19 bits per heavy atom. The first kappa shape index (κ1) is 17.9. The van der Waals surface area contributed by atoms with Gasteiger partial charge in [-0.25, -0.2) is 14.8 Å².